The summed E-state index contributed by atoms with van der Waals surface area (Å²) in [6, 6.07) is 17.6. The van der Waals surface area contributed by atoms with Crippen LogP contribution in [0.15, 0.2) is 54.6 Å². The second-order valence-corrected chi connectivity index (χ2v) is 10.9. The summed E-state index contributed by atoms with van der Waals surface area (Å²) in [6.45, 7) is 5.87. The van der Waals surface area contributed by atoms with Crippen molar-refractivity contribution in [2.45, 2.75) is 51.0 Å². The molecule has 1 aliphatic carbocycles. The number of fused-ring (bicyclic) bond motifs is 1. The topological polar surface area (TPSA) is 123 Å². The lowest BCUT2D eigenvalue weighted by molar-refractivity contribution is 0.00446. The minimum atomic E-state index is -1.03. The van der Waals surface area contributed by atoms with Gasteiger partial charge in [-0.25, -0.2) is 9.97 Å². The summed E-state index contributed by atoms with van der Waals surface area (Å²) < 4.78 is 1.06. The van der Waals surface area contributed by atoms with E-state index < -0.39 is 29.7 Å². The lowest BCUT2D eigenvalue weighted by Gasteiger charge is -2.28. The molecule has 4 atom stereocenters. The summed E-state index contributed by atoms with van der Waals surface area (Å²) in [7, 11) is 0. The largest absolute Gasteiger partial charge is 0.396 e. The maximum Gasteiger partial charge on any atom is 0.225 e. The number of nitrogens with one attached hydrogen (secondary N) is 2. The van der Waals surface area contributed by atoms with Crippen molar-refractivity contribution in [2.24, 2.45) is 5.92 Å². The van der Waals surface area contributed by atoms with Crippen molar-refractivity contribution in [2.75, 3.05) is 17.2 Å². The molecule has 0 unspecified atom stereocenters. The monoisotopic (exact) mass is 505 g/mol. The van der Waals surface area contributed by atoms with Gasteiger partial charge in [0.25, 0.3) is 0 Å². The number of hydrogen-bond donors (Lipinski definition) is 5. The van der Waals surface area contributed by atoms with Crippen LogP contribution in [0.2, 0.25) is 0 Å². The first kappa shape index (κ1) is 24.6. The molecule has 5 N–H and O–H groups in total. The number of aliphatic hydroxyl groups is 3. The van der Waals surface area contributed by atoms with Crippen molar-refractivity contribution in [3.05, 3.63) is 65.9 Å². The van der Waals surface area contributed by atoms with Crippen molar-refractivity contribution in [1.82, 2.24) is 15.0 Å². The summed E-state index contributed by atoms with van der Waals surface area (Å²) in [6.07, 6.45) is -1.62. The fraction of sp³-hybridized carbons (Fsp3) is 0.370. The molecule has 9 heteroatoms. The van der Waals surface area contributed by atoms with Crippen molar-refractivity contribution >= 4 is 33.3 Å². The quantitative estimate of drug-likeness (QED) is 0.256. The molecule has 0 spiro atoms. The summed E-state index contributed by atoms with van der Waals surface area (Å²) in [4.78, 5) is 14.4. The average Bonchev–Trinajstić information content (AvgIpc) is 3.40. The maximum atomic E-state index is 10.7. The highest BCUT2D eigenvalue weighted by molar-refractivity contribution is 7.21. The van der Waals surface area contributed by atoms with Crippen molar-refractivity contribution in [1.29, 1.82) is 0 Å². The zero-order valence-electron chi connectivity index (χ0n) is 20.5. The van der Waals surface area contributed by atoms with E-state index in [2.05, 4.69) is 36.6 Å². The number of aryl methyl sites for hydroxylation is 1. The van der Waals surface area contributed by atoms with Crippen molar-refractivity contribution < 1.29 is 15.3 Å². The van der Waals surface area contributed by atoms with E-state index in [9.17, 15) is 15.3 Å². The van der Waals surface area contributed by atoms with E-state index in [0.29, 0.717) is 18.2 Å². The first-order valence-corrected chi connectivity index (χ1v) is 12.9. The van der Waals surface area contributed by atoms with E-state index in [-0.39, 0.29) is 6.61 Å². The number of thiazole rings is 1. The van der Waals surface area contributed by atoms with Gasteiger partial charge < -0.3 is 26.0 Å². The predicted octanol–water partition coefficient (Wildman–Crippen LogP) is 3.92. The Morgan fingerprint density at radius 2 is 1.69 bits per heavy atom. The van der Waals surface area contributed by atoms with Gasteiger partial charge in [0.15, 0.2) is 0 Å². The molecule has 5 rings (SSSR count). The number of benzene rings is 2. The van der Waals surface area contributed by atoms with Crippen LogP contribution >= 0.6 is 11.3 Å². The van der Waals surface area contributed by atoms with Gasteiger partial charge >= 0.3 is 0 Å². The highest BCUT2D eigenvalue weighted by Gasteiger charge is 2.41. The number of nitrogens with zero attached hydrogens (tertiary/aromatic N) is 3. The van der Waals surface area contributed by atoms with E-state index in [4.69, 9.17) is 15.0 Å². The van der Waals surface area contributed by atoms with Crippen LogP contribution < -0.4 is 10.6 Å². The van der Waals surface area contributed by atoms with E-state index in [1.165, 1.54) is 0 Å². The van der Waals surface area contributed by atoms with E-state index in [1.54, 1.807) is 11.3 Å². The fourth-order valence-corrected chi connectivity index (χ4v) is 5.86. The smallest absolute Gasteiger partial charge is 0.225 e. The Hall–Kier alpha value is -3.11. The molecule has 1 fully saturated rings. The Morgan fingerprint density at radius 3 is 2.39 bits per heavy atom. The van der Waals surface area contributed by atoms with Gasteiger partial charge in [-0.05, 0) is 44.9 Å². The number of para-hydroxylation sites is 1. The molecule has 36 heavy (non-hydrogen) atoms. The molecule has 2 aromatic carbocycles. The van der Waals surface area contributed by atoms with Gasteiger partial charge in [-0.3, -0.25) is 0 Å². The fourth-order valence-electron chi connectivity index (χ4n) is 4.80. The molecular formula is C27H31N5O3S. The number of aliphatic hydroxyl groups excluding tert-OH is 3. The zero-order valence-corrected chi connectivity index (χ0v) is 21.3. The van der Waals surface area contributed by atoms with Crippen LogP contribution in [0.25, 0.3) is 20.8 Å². The third-order valence-corrected chi connectivity index (χ3v) is 7.93. The molecule has 2 aromatic heterocycles. The van der Waals surface area contributed by atoms with E-state index in [1.807, 2.05) is 49.4 Å². The molecule has 0 saturated heterocycles. The molecule has 1 aliphatic rings. The van der Waals surface area contributed by atoms with Gasteiger partial charge in [-0.1, -0.05) is 42.5 Å². The number of hydrogen-bond acceptors (Lipinski definition) is 9. The summed E-state index contributed by atoms with van der Waals surface area (Å²) in [5, 5.41) is 38.3. The third kappa shape index (κ3) is 4.67. The summed E-state index contributed by atoms with van der Waals surface area (Å²) in [5.74, 6) is 0.573. The molecule has 0 aliphatic heterocycles. The van der Waals surface area contributed by atoms with Gasteiger partial charge in [0.2, 0.25) is 5.95 Å². The molecule has 2 heterocycles. The highest BCUT2D eigenvalue weighted by atomic mass is 32.1. The molecule has 0 amide bonds. The van der Waals surface area contributed by atoms with E-state index >= 15 is 0 Å². The standard InChI is InChI=1S/C27H31N5O3S/c1-15-21(25-30-18-11-7-8-12-20(18)36-25)24(29-19-13-16(14-33)22(34)23(19)35)31-26(28-15)32-27(2,3)17-9-5-4-6-10-17/h4-12,16,19,22-23,33-35H,13-14H2,1-3H3,(H2,28,29,31,32)/t16-,19-,22-,23+/m1/s1. The Morgan fingerprint density at radius 1 is 0.972 bits per heavy atom. The van der Waals surface area contributed by atoms with Crippen LogP contribution in [0.5, 0.6) is 0 Å². The summed E-state index contributed by atoms with van der Waals surface area (Å²) in [5.41, 5.74) is 3.05. The van der Waals surface area contributed by atoms with E-state index in [0.717, 1.165) is 32.0 Å². The average molecular weight is 506 g/mol. The minimum absolute atomic E-state index is 0.192. The van der Waals surface area contributed by atoms with Crippen molar-refractivity contribution in [3.8, 4) is 10.6 Å². The van der Waals surface area contributed by atoms with Crippen molar-refractivity contribution in [3.63, 3.8) is 0 Å². The van der Waals surface area contributed by atoms with Crippen LogP contribution in [0.4, 0.5) is 11.8 Å². The third-order valence-electron chi connectivity index (χ3n) is 6.88. The minimum Gasteiger partial charge on any atom is -0.396 e. The van der Waals surface area contributed by atoms with Crippen LogP contribution in [-0.2, 0) is 5.54 Å². The lowest BCUT2D eigenvalue weighted by atomic mass is 9.94. The first-order chi connectivity index (χ1) is 17.3. The number of rotatable bonds is 7. The molecule has 188 valence electrons. The van der Waals surface area contributed by atoms with Gasteiger partial charge in [0.1, 0.15) is 16.9 Å². The van der Waals surface area contributed by atoms with Crippen LogP contribution in [0, 0.1) is 12.8 Å². The molecular weight excluding hydrogens is 474 g/mol. The molecule has 8 nitrogen and oxygen atoms in total. The first-order valence-electron chi connectivity index (χ1n) is 12.1. The Bertz CT molecular complexity index is 1330. The molecule has 0 bridgehead atoms. The van der Waals surface area contributed by atoms with Crippen LogP contribution in [0.3, 0.4) is 0 Å². The second-order valence-electron chi connectivity index (χ2n) is 9.87. The highest BCUT2D eigenvalue weighted by Crippen LogP contribution is 2.38. The van der Waals surface area contributed by atoms with Gasteiger partial charge in [0.05, 0.1) is 39.2 Å². The molecule has 4 aromatic rings. The Labute approximate surface area is 214 Å². The second kappa shape index (κ2) is 9.74. The molecule has 1 saturated carbocycles. The Balaban J connectivity index is 1.56. The lowest BCUT2D eigenvalue weighted by Crippen LogP contribution is -2.36. The normalized spacial score (nSPS) is 22.2. The Kier molecular flexibility index (Phi) is 6.65. The van der Waals surface area contributed by atoms with Crippen LogP contribution in [0.1, 0.15) is 31.5 Å². The maximum absolute atomic E-state index is 10.7. The molecule has 0 radical (unpaired) electrons. The van der Waals surface area contributed by atoms with Crippen LogP contribution in [-0.4, -0.2) is 55.1 Å². The number of anilines is 2. The number of aromatic nitrogens is 3. The van der Waals surface area contributed by atoms with Gasteiger partial charge in [-0.2, -0.15) is 4.98 Å². The summed E-state index contributed by atoms with van der Waals surface area (Å²) >= 11 is 1.56. The zero-order chi connectivity index (χ0) is 25.4. The van der Waals surface area contributed by atoms with Gasteiger partial charge in [0, 0.05) is 12.5 Å². The predicted molar refractivity (Wildman–Crippen MR) is 143 cm³/mol. The van der Waals surface area contributed by atoms with Gasteiger partial charge in [-0.15, -0.1) is 11.3 Å². The SMILES string of the molecule is Cc1nc(NC(C)(C)c2ccccc2)nc(N[C@@H]2C[C@H](CO)[C@@H](O)[C@H]2O)c1-c1nc2ccccc2s1.